The van der Waals surface area contributed by atoms with E-state index >= 15 is 0 Å². The van der Waals surface area contributed by atoms with Gasteiger partial charge >= 0.3 is 0 Å². The fourth-order valence-corrected chi connectivity index (χ4v) is 2.98. The van der Waals surface area contributed by atoms with Crippen LogP contribution < -0.4 is 10.6 Å². The first-order valence-corrected chi connectivity index (χ1v) is 8.74. The van der Waals surface area contributed by atoms with E-state index in [2.05, 4.69) is 15.6 Å². The zero-order chi connectivity index (χ0) is 18.3. The molecule has 0 amide bonds. The lowest BCUT2D eigenvalue weighted by Crippen LogP contribution is -2.50. The molecular formula is C19H30FN3O2. The average molecular weight is 351 g/mol. The molecule has 1 aromatic carbocycles. The summed E-state index contributed by atoms with van der Waals surface area (Å²) in [5.74, 6) is 0.524. The topological polar surface area (TPSA) is 54.9 Å². The molecule has 140 valence electrons. The van der Waals surface area contributed by atoms with Crippen molar-refractivity contribution in [3.05, 3.63) is 35.6 Å². The minimum Gasteiger partial charge on any atom is -0.381 e. The molecule has 0 aromatic heterocycles. The summed E-state index contributed by atoms with van der Waals surface area (Å²) in [5, 5.41) is 6.72. The molecule has 0 bridgehead atoms. The molecule has 1 saturated heterocycles. The van der Waals surface area contributed by atoms with Crippen LogP contribution in [0.15, 0.2) is 29.3 Å². The Kier molecular flexibility index (Phi) is 6.79. The van der Waals surface area contributed by atoms with Crippen molar-refractivity contribution in [3.8, 4) is 0 Å². The lowest BCUT2D eigenvalue weighted by atomic mass is 9.74. The maximum atomic E-state index is 13.3. The summed E-state index contributed by atoms with van der Waals surface area (Å²) in [6.45, 7) is 6.83. The highest BCUT2D eigenvalue weighted by Gasteiger charge is 2.34. The summed E-state index contributed by atoms with van der Waals surface area (Å²) in [6.07, 6.45) is 1.79. The lowest BCUT2D eigenvalue weighted by Gasteiger charge is -2.38. The number of nitrogens with zero attached hydrogens (tertiary/aromatic N) is 1. The van der Waals surface area contributed by atoms with Crippen LogP contribution in [0.2, 0.25) is 0 Å². The maximum Gasteiger partial charge on any atom is 0.191 e. The van der Waals surface area contributed by atoms with Crippen LogP contribution in [0.25, 0.3) is 0 Å². The van der Waals surface area contributed by atoms with Crippen molar-refractivity contribution < 1.29 is 13.9 Å². The van der Waals surface area contributed by atoms with Crippen molar-refractivity contribution in [2.24, 2.45) is 4.99 Å². The quantitative estimate of drug-likeness (QED) is 0.611. The van der Waals surface area contributed by atoms with Gasteiger partial charge in [-0.15, -0.1) is 0 Å². The Bertz CT molecular complexity index is 567. The third kappa shape index (κ3) is 5.41. The molecular weight excluding hydrogens is 321 g/mol. The Labute approximate surface area is 150 Å². The number of rotatable bonds is 6. The van der Waals surface area contributed by atoms with E-state index in [1.807, 2.05) is 26.0 Å². The molecule has 1 aliphatic rings. The Morgan fingerprint density at radius 1 is 1.24 bits per heavy atom. The standard InChI is InChI=1S/C19H30FN3O2/c1-18(2,24-4)13-22-17(21-3)23-14-19(9-11-25-12-10-19)15-5-7-16(20)8-6-15/h5-8H,9-14H2,1-4H3,(H2,21,22,23). The van der Waals surface area contributed by atoms with Crippen LogP contribution in [-0.2, 0) is 14.9 Å². The number of nitrogens with one attached hydrogen (secondary N) is 2. The van der Waals surface area contributed by atoms with E-state index in [9.17, 15) is 4.39 Å². The monoisotopic (exact) mass is 351 g/mol. The van der Waals surface area contributed by atoms with Crippen LogP contribution in [0.3, 0.4) is 0 Å². The molecule has 5 nitrogen and oxygen atoms in total. The van der Waals surface area contributed by atoms with Gasteiger partial charge in [0.15, 0.2) is 5.96 Å². The van der Waals surface area contributed by atoms with Crippen molar-refractivity contribution >= 4 is 5.96 Å². The normalized spacial score (nSPS) is 18.0. The van der Waals surface area contributed by atoms with Gasteiger partial charge in [0.2, 0.25) is 0 Å². The lowest BCUT2D eigenvalue weighted by molar-refractivity contribution is 0.0267. The van der Waals surface area contributed by atoms with Crippen LogP contribution in [0, 0.1) is 5.82 Å². The van der Waals surface area contributed by atoms with Gasteiger partial charge in [-0.2, -0.15) is 0 Å². The largest absolute Gasteiger partial charge is 0.381 e. The van der Waals surface area contributed by atoms with Crippen molar-refractivity contribution in [2.45, 2.75) is 37.7 Å². The number of hydrogen-bond acceptors (Lipinski definition) is 3. The molecule has 0 unspecified atom stereocenters. The van der Waals surface area contributed by atoms with Crippen LogP contribution >= 0.6 is 0 Å². The SMILES string of the molecule is CN=C(NCC(C)(C)OC)NCC1(c2ccc(F)cc2)CCOCC1. The Morgan fingerprint density at radius 2 is 1.88 bits per heavy atom. The third-order valence-electron chi connectivity index (χ3n) is 4.96. The summed E-state index contributed by atoms with van der Waals surface area (Å²) in [4.78, 5) is 4.30. The molecule has 1 heterocycles. The highest BCUT2D eigenvalue weighted by molar-refractivity contribution is 5.79. The zero-order valence-electron chi connectivity index (χ0n) is 15.7. The van der Waals surface area contributed by atoms with E-state index in [4.69, 9.17) is 9.47 Å². The summed E-state index contributed by atoms with van der Waals surface area (Å²) < 4.78 is 24.3. The molecule has 0 atom stereocenters. The first-order chi connectivity index (χ1) is 11.9. The second-order valence-electron chi connectivity index (χ2n) is 7.14. The fraction of sp³-hybridized carbons (Fsp3) is 0.632. The number of guanidine groups is 1. The first-order valence-electron chi connectivity index (χ1n) is 8.74. The Hall–Kier alpha value is -1.66. The number of ether oxygens (including phenoxy) is 2. The number of benzene rings is 1. The minimum absolute atomic E-state index is 0.0830. The van der Waals surface area contributed by atoms with Crippen LogP contribution in [0.1, 0.15) is 32.3 Å². The van der Waals surface area contributed by atoms with Gasteiger partial charge in [0, 0.05) is 45.9 Å². The smallest absolute Gasteiger partial charge is 0.191 e. The van der Waals surface area contributed by atoms with E-state index in [1.54, 1.807) is 14.2 Å². The molecule has 0 radical (unpaired) electrons. The summed E-state index contributed by atoms with van der Waals surface area (Å²) in [6, 6.07) is 6.82. The highest BCUT2D eigenvalue weighted by Crippen LogP contribution is 2.34. The number of aliphatic imine (C=N–C) groups is 1. The molecule has 0 spiro atoms. The number of hydrogen-bond donors (Lipinski definition) is 2. The molecule has 6 heteroatoms. The van der Waals surface area contributed by atoms with Crippen molar-refractivity contribution in [2.75, 3.05) is 40.5 Å². The van der Waals surface area contributed by atoms with Gasteiger partial charge in [-0.3, -0.25) is 4.99 Å². The zero-order valence-corrected chi connectivity index (χ0v) is 15.7. The summed E-state index contributed by atoms with van der Waals surface area (Å²) in [7, 11) is 3.45. The molecule has 1 aliphatic heterocycles. The van der Waals surface area contributed by atoms with Crippen LogP contribution in [0.5, 0.6) is 0 Å². The van der Waals surface area contributed by atoms with E-state index in [0.717, 1.165) is 30.9 Å². The number of halogens is 1. The van der Waals surface area contributed by atoms with Gasteiger partial charge < -0.3 is 20.1 Å². The van der Waals surface area contributed by atoms with Gasteiger partial charge in [0.05, 0.1) is 5.60 Å². The second kappa shape index (κ2) is 8.63. The maximum absolute atomic E-state index is 13.3. The Balaban J connectivity index is 2.05. The molecule has 2 N–H and O–H groups in total. The predicted octanol–water partition coefficient (Wildman–Crippen LogP) is 2.46. The Morgan fingerprint density at radius 3 is 2.44 bits per heavy atom. The molecule has 0 saturated carbocycles. The van der Waals surface area contributed by atoms with E-state index in [1.165, 1.54) is 12.1 Å². The fourth-order valence-electron chi connectivity index (χ4n) is 2.98. The minimum atomic E-state index is -0.273. The van der Waals surface area contributed by atoms with Gasteiger partial charge in [0.25, 0.3) is 0 Å². The van der Waals surface area contributed by atoms with Crippen molar-refractivity contribution in [1.82, 2.24) is 10.6 Å². The van der Waals surface area contributed by atoms with Crippen LogP contribution in [0.4, 0.5) is 4.39 Å². The van der Waals surface area contributed by atoms with E-state index in [0.29, 0.717) is 19.8 Å². The third-order valence-corrected chi connectivity index (χ3v) is 4.96. The molecule has 25 heavy (non-hydrogen) atoms. The van der Waals surface area contributed by atoms with Gasteiger partial charge in [-0.25, -0.2) is 4.39 Å². The molecule has 0 aliphatic carbocycles. The molecule has 1 aromatic rings. The van der Waals surface area contributed by atoms with Gasteiger partial charge in [-0.05, 0) is 44.4 Å². The second-order valence-corrected chi connectivity index (χ2v) is 7.14. The summed E-state index contributed by atoms with van der Waals surface area (Å²) in [5.41, 5.74) is 0.781. The van der Waals surface area contributed by atoms with Gasteiger partial charge in [-0.1, -0.05) is 12.1 Å². The first kappa shape index (κ1) is 19.7. The average Bonchev–Trinajstić information content (AvgIpc) is 2.63. The number of methoxy groups -OCH3 is 1. The molecule has 2 rings (SSSR count). The summed E-state index contributed by atoms with van der Waals surface area (Å²) >= 11 is 0. The van der Waals surface area contributed by atoms with E-state index in [-0.39, 0.29) is 16.8 Å². The molecule has 1 fully saturated rings. The van der Waals surface area contributed by atoms with Gasteiger partial charge in [0.1, 0.15) is 5.82 Å². The van der Waals surface area contributed by atoms with Crippen molar-refractivity contribution in [3.63, 3.8) is 0 Å². The van der Waals surface area contributed by atoms with Crippen molar-refractivity contribution in [1.29, 1.82) is 0 Å². The highest BCUT2D eigenvalue weighted by atomic mass is 19.1. The van der Waals surface area contributed by atoms with E-state index < -0.39 is 0 Å². The van der Waals surface area contributed by atoms with Crippen LogP contribution in [-0.4, -0.2) is 52.0 Å². The predicted molar refractivity (Wildman–Crippen MR) is 98.6 cm³/mol.